The van der Waals surface area contributed by atoms with Crippen molar-refractivity contribution < 1.29 is 20.1 Å². The molecule has 4 nitrogen and oxygen atoms in total. The molecule has 7 atom stereocenters. The molecule has 4 heteroatoms. The largest absolute Gasteiger partial charge is 0.390 e. The number of hydrogen-bond acceptors (Lipinski definition) is 4. The molecule has 3 saturated carbocycles. The summed E-state index contributed by atoms with van der Waals surface area (Å²) in [5.41, 5.74) is -2.50. The molecule has 3 fully saturated rings. The molecular weight excluding hydrogens is 244 g/mol. The van der Waals surface area contributed by atoms with Crippen LogP contribution in [0.4, 0.5) is 0 Å². The molecule has 0 unspecified atom stereocenters. The standard InChI is InChI=1S/C15H22O4/c1-7-6-10(16)15(19)8(2)13(17)12-11(15)9(7)4-5-14(12,3)18/h7,9,11-13,17-19H,2,4-6H2,1,3H3/t7-,9+,11+,12-,13-,14-,15-/m0/s1. The molecule has 3 aliphatic carbocycles. The van der Waals surface area contributed by atoms with Crippen LogP contribution in [0.25, 0.3) is 0 Å². The van der Waals surface area contributed by atoms with E-state index in [0.29, 0.717) is 12.8 Å². The third-order valence-corrected chi connectivity index (χ3v) is 5.88. The molecule has 0 heterocycles. The van der Waals surface area contributed by atoms with Gasteiger partial charge in [-0.2, -0.15) is 0 Å². The smallest absolute Gasteiger partial charge is 0.169 e. The van der Waals surface area contributed by atoms with Crippen LogP contribution in [0.5, 0.6) is 0 Å². The van der Waals surface area contributed by atoms with Crippen molar-refractivity contribution in [2.75, 3.05) is 0 Å². The van der Waals surface area contributed by atoms with Crippen molar-refractivity contribution in [3.8, 4) is 0 Å². The van der Waals surface area contributed by atoms with Gasteiger partial charge in [-0.15, -0.1) is 0 Å². The summed E-state index contributed by atoms with van der Waals surface area (Å²) >= 11 is 0. The van der Waals surface area contributed by atoms with Gasteiger partial charge in [0.25, 0.3) is 0 Å². The zero-order valence-electron chi connectivity index (χ0n) is 11.5. The summed E-state index contributed by atoms with van der Waals surface area (Å²) in [4.78, 5) is 12.3. The molecule has 0 saturated heterocycles. The molecule has 0 aromatic rings. The van der Waals surface area contributed by atoms with Crippen LogP contribution in [0, 0.1) is 23.7 Å². The fourth-order valence-corrected chi connectivity index (χ4v) is 4.82. The number of rotatable bonds is 0. The van der Waals surface area contributed by atoms with E-state index in [9.17, 15) is 20.1 Å². The normalized spacial score (nSPS) is 57.2. The van der Waals surface area contributed by atoms with Crippen molar-refractivity contribution in [2.24, 2.45) is 23.7 Å². The first-order valence-electron chi connectivity index (χ1n) is 7.06. The zero-order valence-corrected chi connectivity index (χ0v) is 11.5. The quantitative estimate of drug-likeness (QED) is 0.563. The van der Waals surface area contributed by atoms with E-state index in [1.807, 2.05) is 6.92 Å². The SMILES string of the molecule is C=C1[C@H](O)[C@@H]2[C@H]3[C@H](CC[C@]2(C)O)[C@@H](C)CC(=O)[C@@]13O. The number of carbonyl (C=O) groups excluding carboxylic acids is 1. The minimum atomic E-state index is -1.63. The molecule has 106 valence electrons. The highest BCUT2D eigenvalue weighted by molar-refractivity contribution is 5.93. The van der Waals surface area contributed by atoms with E-state index < -0.39 is 29.1 Å². The van der Waals surface area contributed by atoms with Gasteiger partial charge in [-0.05, 0) is 37.2 Å². The molecule has 3 N–H and O–H groups in total. The predicted molar refractivity (Wildman–Crippen MR) is 69.2 cm³/mol. The second kappa shape index (κ2) is 3.68. The minimum absolute atomic E-state index is 0.168. The Kier molecular flexibility index (Phi) is 2.58. The van der Waals surface area contributed by atoms with Crippen LogP contribution in [0.2, 0.25) is 0 Å². The van der Waals surface area contributed by atoms with Gasteiger partial charge in [0.2, 0.25) is 0 Å². The molecule has 0 aromatic heterocycles. The van der Waals surface area contributed by atoms with Crippen LogP contribution in [0.1, 0.15) is 33.1 Å². The lowest BCUT2D eigenvalue weighted by molar-refractivity contribution is -0.169. The number of hydrogen-bond donors (Lipinski definition) is 3. The molecule has 0 amide bonds. The Morgan fingerprint density at radius 3 is 2.58 bits per heavy atom. The highest BCUT2D eigenvalue weighted by Crippen LogP contribution is 2.61. The van der Waals surface area contributed by atoms with Crippen molar-refractivity contribution in [2.45, 2.75) is 50.4 Å². The second-order valence-corrected chi connectivity index (χ2v) is 6.95. The van der Waals surface area contributed by atoms with E-state index >= 15 is 0 Å². The van der Waals surface area contributed by atoms with Crippen LogP contribution in [-0.2, 0) is 4.79 Å². The number of ketones is 1. The maximum Gasteiger partial charge on any atom is 0.169 e. The van der Waals surface area contributed by atoms with Gasteiger partial charge < -0.3 is 15.3 Å². The zero-order chi connectivity index (χ0) is 14.2. The van der Waals surface area contributed by atoms with Crippen molar-refractivity contribution in [1.82, 2.24) is 0 Å². The van der Waals surface area contributed by atoms with Gasteiger partial charge in [-0.1, -0.05) is 13.5 Å². The summed E-state index contributed by atoms with van der Waals surface area (Å²) in [6.45, 7) is 7.48. The van der Waals surface area contributed by atoms with Crippen LogP contribution in [0.15, 0.2) is 12.2 Å². The first-order chi connectivity index (χ1) is 8.71. The van der Waals surface area contributed by atoms with Crippen molar-refractivity contribution in [3.63, 3.8) is 0 Å². The highest BCUT2D eigenvalue weighted by Gasteiger charge is 2.69. The minimum Gasteiger partial charge on any atom is -0.390 e. The van der Waals surface area contributed by atoms with Gasteiger partial charge in [-0.25, -0.2) is 0 Å². The van der Waals surface area contributed by atoms with E-state index in [4.69, 9.17) is 0 Å². The fraction of sp³-hybridized carbons (Fsp3) is 0.800. The molecule has 0 radical (unpaired) electrons. The summed E-state index contributed by atoms with van der Waals surface area (Å²) in [5.74, 6) is -0.771. The summed E-state index contributed by atoms with van der Waals surface area (Å²) in [5, 5.41) is 31.8. The Hall–Kier alpha value is -0.710. The predicted octanol–water partition coefficient (Wildman–Crippen LogP) is 0.650. The van der Waals surface area contributed by atoms with Gasteiger partial charge in [0.15, 0.2) is 5.78 Å². The summed E-state index contributed by atoms with van der Waals surface area (Å²) in [6.07, 6.45) is 0.711. The van der Waals surface area contributed by atoms with E-state index in [-0.39, 0.29) is 23.2 Å². The molecule has 3 aliphatic rings. The van der Waals surface area contributed by atoms with E-state index in [1.165, 1.54) is 0 Å². The summed E-state index contributed by atoms with van der Waals surface area (Å²) < 4.78 is 0. The third-order valence-electron chi connectivity index (χ3n) is 5.88. The van der Waals surface area contributed by atoms with Gasteiger partial charge in [0.1, 0.15) is 5.60 Å². The number of aliphatic hydroxyl groups excluding tert-OH is 1. The van der Waals surface area contributed by atoms with E-state index in [1.54, 1.807) is 6.92 Å². The molecule has 3 rings (SSSR count). The summed E-state index contributed by atoms with van der Waals surface area (Å²) in [6, 6.07) is 0. The fourth-order valence-electron chi connectivity index (χ4n) is 4.82. The van der Waals surface area contributed by atoms with Crippen molar-refractivity contribution in [3.05, 3.63) is 12.2 Å². The van der Waals surface area contributed by atoms with E-state index in [2.05, 4.69) is 6.58 Å². The van der Waals surface area contributed by atoms with Gasteiger partial charge >= 0.3 is 0 Å². The van der Waals surface area contributed by atoms with Crippen LogP contribution >= 0.6 is 0 Å². The van der Waals surface area contributed by atoms with Crippen LogP contribution in [0.3, 0.4) is 0 Å². The molecular formula is C15H22O4. The van der Waals surface area contributed by atoms with E-state index in [0.717, 1.165) is 6.42 Å². The first-order valence-corrected chi connectivity index (χ1v) is 7.06. The second-order valence-electron chi connectivity index (χ2n) is 6.95. The highest BCUT2D eigenvalue weighted by atomic mass is 16.3. The molecule has 19 heavy (non-hydrogen) atoms. The average molecular weight is 266 g/mol. The Balaban J connectivity index is 2.15. The Morgan fingerprint density at radius 2 is 1.95 bits per heavy atom. The monoisotopic (exact) mass is 266 g/mol. The lowest BCUT2D eigenvalue weighted by atomic mass is 9.55. The third kappa shape index (κ3) is 1.42. The Morgan fingerprint density at radius 1 is 1.32 bits per heavy atom. The molecule has 0 spiro atoms. The van der Waals surface area contributed by atoms with Crippen molar-refractivity contribution >= 4 is 5.78 Å². The number of Topliss-reactive ketones (excluding diaryl/α,β-unsaturated/α-hetero) is 1. The Labute approximate surface area is 113 Å². The molecule has 0 aliphatic heterocycles. The number of carbonyl (C=O) groups is 1. The maximum absolute atomic E-state index is 12.3. The Bertz CT molecular complexity index is 455. The van der Waals surface area contributed by atoms with Crippen LogP contribution < -0.4 is 0 Å². The van der Waals surface area contributed by atoms with Gasteiger partial charge in [-0.3, -0.25) is 4.79 Å². The lowest BCUT2D eigenvalue weighted by Gasteiger charge is -2.51. The lowest BCUT2D eigenvalue weighted by Crippen LogP contribution is -2.59. The first kappa shape index (κ1) is 13.3. The number of aliphatic hydroxyl groups is 3. The van der Waals surface area contributed by atoms with Gasteiger partial charge in [0.05, 0.1) is 11.7 Å². The maximum atomic E-state index is 12.3. The van der Waals surface area contributed by atoms with Crippen LogP contribution in [-0.4, -0.2) is 38.4 Å². The van der Waals surface area contributed by atoms with Gasteiger partial charge in [0, 0.05) is 18.3 Å². The topological polar surface area (TPSA) is 77.8 Å². The molecule has 0 bridgehead atoms. The summed E-state index contributed by atoms with van der Waals surface area (Å²) in [7, 11) is 0. The average Bonchev–Trinajstić information content (AvgIpc) is 2.52. The molecule has 0 aromatic carbocycles. The van der Waals surface area contributed by atoms with Crippen molar-refractivity contribution in [1.29, 1.82) is 0 Å².